The first-order chi connectivity index (χ1) is 13.7. The lowest BCUT2D eigenvalue weighted by molar-refractivity contribution is 0.559. The van der Waals surface area contributed by atoms with Gasteiger partial charge in [0.15, 0.2) is 9.84 Å². The summed E-state index contributed by atoms with van der Waals surface area (Å²) in [6.45, 7) is 7.91. The van der Waals surface area contributed by atoms with Crippen LogP contribution in [-0.2, 0) is 35.6 Å². The van der Waals surface area contributed by atoms with E-state index >= 15 is 0 Å². The van der Waals surface area contributed by atoms with Crippen LogP contribution in [0, 0.1) is 0 Å². The third kappa shape index (κ3) is 5.53. The molecule has 6 heteroatoms. The zero-order chi connectivity index (χ0) is 21.1. The van der Waals surface area contributed by atoms with Crippen LogP contribution in [0.25, 0.3) is 0 Å². The zero-order valence-electron chi connectivity index (χ0n) is 17.5. The largest absolute Gasteiger partial charge is 0.380 e. The van der Waals surface area contributed by atoms with Gasteiger partial charge in [-0.2, -0.15) is 0 Å². The van der Waals surface area contributed by atoms with E-state index in [2.05, 4.69) is 28.8 Å². The minimum atomic E-state index is -3.10. The van der Waals surface area contributed by atoms with Gasteiger partial charge in [-0.15, -0.1) is 0 Å². The molecule has 0 saturated carbocycles. The molecule has 0 bridgehead atoms. The van der Waals surface area contributed by atoms with E-state index in [9.17, 15) is 8.42 Å². The van der Waals surface area contributed by atoms with Crippen LogP contribution in [0.3, 0.4) is 0 Å². The van der Waals surface area contributed by atoms with Gasteiger partial charge in [-0.05, 0) is 81.4 Å². The van der Waals surface area contributed by atoms with Crippen molar-refractivity contribution >= 4 is 27.1 Å². The molecular weight excluding hydrogens is 404 g/mol. The maximum atomic E-state index is 12.3. The molecule has 0 aromatic heterocycles. The van der Waals surface area contributed by atoms with Crippen molar-refractivity contribution in [2.75, 3.05) is 24.2 Å². The normalized spacial score (nSPS) is 14.9. The van der Waals surface area contributed by atoms with Gasteiger partial charge in [0.05, 0.1) is 21.2 Å². The van der Waals surface area contributed by atoms with E-state index in [0.29, 0.717) is 13.0 Å². The van der Waals surface area contributed by atoms with Gasteiger partial charge in [-0.3, -0.25) is 0 Å². The number of benzene rings is 2. The predicted molar refractivity (Wildman–Crippen MR) is 123 cm³/mol. The predicted octanol–water partition coefficient (Wildman–Crippen LogP) is 4.40. The molecule has 1 aliphatic heterocycles. The fraction of sp³-hybridized carbons (Fsp3) is 0.478. The van der Waals surface area contributed by atoms with Crippen molar-refractivity contribution in [1.29, 1.82) is 0 Å². The molecule has 3 rings (SSSR count). The first kappa shape index (κ1) is 22.1. The third-order valence-electron chi connectivity index (χ3n) is 5.57. The Labute approximate surface area is 180 Å². The average molecular weight is 435 g/mol. The highest BCUT2D eigenvalue weighted by atomic mass is 35.5. The van der Waals surface area contributed by atoms with Gasteiger partial charge in [0.1, 0.15) is 0 Å². The average Bonchev–Trinajstić information content (AvgIpc) is 2.91. The first-order valence-corrected chi connectivity index (χ1v) is 12.3. The Morgan fingerprint density at radius 1 is 1.00 bits per heavy atom. The summed E-state index contributed by atoms with van der Waals surface area (Å²) in [6.07, 6.45) is 2.53. The molecule has 0 amide bonds. The molecule has 1 heterocycles. The van der Waals surface area contributed by atoms with Gasteiger partial charge >= 0.3 is 0 Å². The second-order valence-corrected chi connectivity index (χ2v) is 11.9. The van der Waals surface area contributed by atoms with Crippen molar-refractivity contribution in [1.82, 2.24) is 5.32 Å². The van der Waals surface area contributed by atoms with Gasteiger partial charge in [-0.1, -0.05) is 41.9 Å². The summed E-state index contributed by atoms with van der Waals surface area (Å²) in [6, 6.07) is 12.3. The molecule has 29 heavy (non-hydrogen) atoms. The monoisotopic (exact) mass is 434 g/mol. The molecule has 0 aliphatic carbocycles. The van der Waals surface area contributed by atoms with Crippen molar-refractivity contribution in [2.45, 2.75) is 51.3 Å². The highest BCUT2D eigenvalue weighted by molar-refractivity contribution is 7.92. The SMILES string of the molecule is CC(C)(C)S(=O)(=O)CCc1ccc(CNc2c(Cl)ccc3c2CCNCC3)cc1. The minimum Gasteiger partial charge on any atom is -0.380 e. The van der Waals surface area contributed by atoms with Crippen molar-refractivity contribution in [3.8, 4) is 0 Å². The van der Waals surface area contributed by atoms with Gasteiger partial charge in [-0.25, -0.2) is 8.42 Å². The molecule has 0 spiro atoms. The van der Waals surface area contributed by atoms with Crippen molar-refractivity contribution in [2.24, 2.45) is 0 Å². The number of aryl methyl sites for hydroxylation is 1. The summed E-state index contributed by atoms with van der Waals surface area (Å²) >= 11 is 6.49. The number of hydrogen-bond acceptors (Lipinski definition) is 4. The zero-order valence-corrected chi connectivity index (χ0v) is 19.1. The second-order valence-electron chi connectivity index (χ2n) is 8.66. The molecule has 2 aromatic rings. The summed E-state index contributed by atoms with van der Waals surface area (Å²) in [4.78, 5) is 0. The number of halogens is 1. The topological polar surface area (TPSA) is 58.2 Å². The number of hydrogen-bond donors (Lipinski definition) is 2. The number of fused-ring (bicyclic) bond motifs is 1. The molecule has 0 atom stereocenters. The minimum absolute atomic E-state index is 0.174. The van der Waals surface area contributed by atoms with Crippen molar-refractivity contribution < 1.29 is 8.42 Å². The lowest BCUT2D eigenvalue weighted by Crippen LogP contribution is -2.31. The van der Waals surface area contributed by atoms with Crippen molar-refractivity contribution in [3.63, 3.8) is 0 Å². The number of rotatable bonds is 6. The Morgan fingerprint density at radius 2 is 1.66 bits per heavy atom. The lowest BCUT2D eigenvalue weighted by Gasteiger charge is -2.19. The molecule has 4 nitrogen and oxygen atoms in total. The van der Waals surface area contributed by atoms with Crippen LogP contribution in [0.1, 0.15) is 43.0 Å². The molecule has 0 saturated heterocycles. The Hall–Kier alpha value is -1.56. The molecule has 158 valence electrons. The Balaban J connectivity index is 1.64. The number of nitrogens with one attached hydrogen (secondary N) is 2. The second kappa shape index (κ2) is 9.07. The summed E-state index contributed by atoms with van der Waals surface area (Å²) < 4.78 is 23.9. The highest BCUT2D eigenvalue weighted by Crippen LogP contribution is 2.31. The Bertz CT molecular complexity index is 948. The van der Waals surface area contributed by atoms with E-state index < -0.39 is 14.6 Å². The van der Waals surface area contributed by atoms with E-state index in [1.807, 2.05) is 18.2 Å². The molecule has 0 fully saturated rings. The van der Waals surface area contributed by atoms with Crippen LogP contribution in [0.4, 0.5) is 5.69 Å². The van der Waals surface area contributed by atoms with Gasteiger partial charge in [0.25, 0.3) is 0 Å². The third-order valence-corrected chi connectivity index (χ3v) is 8.49. The van der Waals surface area contributed by atoms with Crippen LogP contribution in [0.2, 0.25) is 5.02 Å². The van der Waals surface area contributed by atoms with Crippen LogP contribution in [0.15, 0.2) is 36.4 Å². The van der Waals surface area contributed by atoms with E-state index in [1.165, 1.54) is 11.1 Å². The molecule has 2 aromatic carbocycles. The maximum absolute atomic E-state index is 12.3. The van der Waals surface area contributed by atoms with E-state index in [-0.39, 0.29) is 5.75 Å². The van der Waals surface area contributed by atoms with Crippen LogP contribution >= 0.6 is 11.6 Å². The molecule has 0 unspecified atom stereocenters. The molecule has 1 aliphatic rings. The summed E-state index contributed by atoms with van der Waals surface area (Å²) in [5, 5.41) is 7.72. The molecule has 2 N–H and O–H groups in total. The Kier molecular flexibility index (Phi) is 6.92. The number of anilines is 1. The van der Waals surface area contributed by atoms with Crippen LogP contribution in [0.5, 0.6) is 0 Å². The smallest absolute Gasteiger partial charge is 0.155 e. The highest BCUT2D eigenvalue weighted by Gasteiger charge is 2.28. The van der Waals surface area contributed by atoms with E-state index in [1.54, 1.807) is 20.8 Å². The maximum Gasteiger partial charge on any atom is 0.155 e. The fourth-order valence-corrected chi connectivity index (χ4v) is 4.87. The Morgan fingerprint density at radius 3 is 2.34 bits per heavy atom. The fourth-order valence-electron chi connectivity index (χ4n) is 3.51. The van der Waals surface area contributed by atoms with E-state index in [4.69, 9.17) is 11.6 Å². The summed E-state index contributed by atoms with van der Waals surface area (Å²) in [7, 11) is -3.10. The molecular formula is C23H31ClN2O2S. The first-order valence-electron chi connectivity index (χ1n) is 10.2. The van der Waals surface area contributed by atoms with Gasteiger partial charge < -0.3 is 10.6 Å². The summed E-state index contributed by atoms with van der Waals surface area (Å²) in [5.74, 6) is 0.174. The van der Waals surface area contributed by atoms with Crippen LogP contribution in [-0.4, -0.2) is 32.0 Å². The van der Waals surface area contributed by atoms with Crippen LogP contribution < -0.4 is 10.6 Å². The number of sulfone groups is 1. The van der Waals surface area contributed by atoms with E-state index in [0.717, 1.165) is 47.8 Å². The lowest BCUT2D eigenvalue weighted by atomic mass is 10.0. The molecule has 0 radical (unpaired) electrons. The van der Waals surface area contributed by atoms with Gasteiger partial charge in [0, 0.05) is 6.54 Å². The standard InChI is InChI=1S/C23H31ClN2O2S/c1-23(2,3)29(27,28)15-12-17-4-6-18(7-5-17)16-26-22-20-11-14-25-13-10-19(20)8-9-21(22)24/h4-9,25-26H,10-16H2,1-3H3. The van der Waals surface area contributed by atoms with Gasteiger partial charge in [0.2, 0.25) is 0 Å². The van der Waals surface area contributed by atoms with Crippen molar-refractivity contribution in [3.05, 3.63) is 63.7 Å². The summed E-state index contributed by atoms with van der Waals surface area (Å²) in [5.41, 5.74) is 5.89. The quantitative estimate of drug-likeness (QED) is 0.707.